The highest BCUT2D eigenvalue weighted by Gasteiger charge is 2.35. The first-order valence-corrected chi connectivity index (χ1v) is 8.26. The van der Waals surface area contributed by atoms with Crippen molar-refractivity contribution >= 4 is 23.0 Å². The predicted octanol–water partition coefficient (Wildman–Crippen LogP) is 3.23. The summed E-state index contributed by atoms with van der Waals surface area (Å²) < 4.78 is 0. The first kappa shape index (κ1) is 16.1. The van der Waals surface area contributed by atoms with Crippen molar-refractivity contribution < 1.29 is 0 Å². The lowest BCUT2D eigenvalue weighted by Crippen LogP contribution is -2.33. The molecule has 2 rings (SSSR count). The van der Waals surface area contributed by atoms with Crippen LogP contribution in [0, 0.1) is 5.41 Å². The van der Waals surface area contributed by atoms with Crippen LogP contribution in [0.4, 0.5) is 5.82 Å². The van der Waals surface area contributed by atoms with Crippen LogP contribution in [-0.4, -0.2) is 21.2 Å². The number of nitrogens with one attached hydrogen (secondary N) is 1. The molecule has 3 N–H and O–H groups in total. The molecule has 0 amide bonds. The first-order chi connectivity index (χ1) is 9.90. The summed E-state index contributed by atoms with van der Waals surface area (Å²) in [5, 5.41) is 12.3. The predicted molar refractivity (Wildman–Crippen MR) is 91.7 cm³/mol. The zero-order valence-corrected chi connectivity index (χ0v) is 14.3. The Morgan fingerprint density at radius 3 is 2.52 bits per heavy atom. The quantitative estimate of drug-likeness (QED) is 0.818. The number of aryl methyl sites for hydroxylation is 1. The topological polar surface area (TPSA) is 63.8 Å². The second kappa shape index (κ2) is 6.26. The summed E-state index contributed by atoms with van der Waals surface area (Å²) in [5.74, 6) is 0.761. The van der Waals surface area contributed by atoms with E-state index in [0.717, 1.165) is 41.9 Å². The summed E-state index contributed by atoms with van der Waals surface area (Å²) in [6, 6.07) is 0.400. The van der Waals surface area contributed by atoms with Gasteiger partial charge < -0.3 is 11.1 Å². The number of anilines is 1. The molecule has 0 bridgehead atoms. The van der Waals surface area contributed by atoms with Crippen molar-refractivity contribution in [1.82, 2.24) is 10.2 Å². The van der Waals surface area contributed by atoms with Crippen molar-refractivity contribution in [3.05, 3.63) is 16.8 Å². The Labute approximate surface area is 132 Å². The molecule has 1 aliphatic rings. The lowest BCUT2D eigenvalue weighted by molar-refractivity contribution is 0.349. The molecule has 1 atom stereocenters. The van der Waals surface area contributed by atoms with Crippen molar-refractivity contribution in [1.29, 1.82) is 0 Å². The zero-order valence-electron chi connectivity index (χ0n) is 13.5. The monoisotopic (exact) mass is 306 g/mol. The average Bonchev–Trinajstić information content (AvgIpc) is 2.76. The van der Waals surface area contributed by atoms with Crippen molar-refractivity contribution in [3.63, 3.8) is 0 Å². The lowest BCUT2D eigenvalue weighted by Gasteiger charge is -2.29. The molecule has 0 aliphatic heterocycles. The minimum absolute atomic E-state index is 0.269. The largest absolute Gasteiger partial charge is 0.389 e. The average molecular weight is 306 g/mol. The van der Waals surface area contributed by atoms with E-state index in [4.69, 9.17) is 18.0 Å². The van der Waals surface area contributed by atoms with Crippen LogP contribution < -0.4 is 11.1 Å². The highest BCUT2D eigenvalue weighted by Crippen LogP contribution is 2.39. The number of aromatic nitrogens is 2. The number of nitrogens with zero attached hydrogens (tertiary/aromatic N) is 2. The Morgan fingerprint density at radius 1 is 1.33 bits per heavy atom. The van der Waals surface area contributed by atoms with Crippen molar-refractivity contribution in [2.45, 2.75) is 65.8 Å². The molecule has 116 valence electrons. The molecular formula is C16H26N4S. The molecular weight excluding hydrogens is 280 g/mol. The second-order valence-electron chi connectivity index (χ2n) is 6.50. The molecule has 1 fully saturated rings. The van der Waals surface area contributed by atoms with E-state index in [1.807, 2.05) is 0 Å². The van der Waals surface area contributed by atoms with Crippen LogP contribution in [0.5, 0.6) is 0 Å². The molecule has 1 heterocycles. The van der Waals surface area contributed by atoms with Crippen molar-refractivity contribution in [2.24, 2.45) is 11.1 Å². The van der Waals surface area contributed by atoms with Gasteiger partial charge in [-0.3, -0.25) is 0 Å². The number of hydrogen-bond donors (Lipinski definition) is 2. The smallest absolute Gasteiger partial charge is 0.159 e. The molecule has 1 aromatic rings. The third-order valence-corrected chi connectivity index (χ3v) is 4.86. The molecule has 0 saturated heterocycles. The molecule has 4 nitrogen and oxygen atoms in total. The Bertz CT molecular complexity index is 539. The molecule has 0 spiro atoms. The number of thiocarbonyl (C=S) groups is 1. The van der Waals surface area contributed by atoms with Gasteiger partial charge in [0.25, 0.3) is 0 Å². The van der Waals surface area contributed by atoms with Crippen LogP contribution in [-0.2, 0) is 12.8 Å². The van der Waals surface area contributed by atoms with Crippen LogP contribution in [0.1, 0.15) is 63.8 Å². The van der Waals surface area contributed by atoms with E-state index in [-0.39, 0.29) is 5.41 Å². The fourth-order valence-corrected chi connectivity index (χ4v) is 3.52. The summed E-state index contributed by atoms with van der Waals surface area (Å²) in [5.41, 5.74) is 9.27. The van der Waals surface area contributed by atoms with Gasteiger partial charge in [-0.15, -0.1) is 5.10 Å². The molecule has 1 saturated carbocycles. The van der Waals surface area contributed by atoms with E-state index in [2.05, 4.69) is 43.2 Å². The molecule has 1 aromatic heterocycles. The van der Waals surface area contributed by atoms with Gasteiger partial charge in [0.2, 0.25) is 0 Å². The first-order valence-electron chi connectivity index (χ1n) is 7.85. The fourth-order valence-electron chi connectivity index (χ4n) is 3.30. The summed E-state index contributed by atoms with van der Waals surface area (Å²) in [6.45, 7) is 8.79. The van der Waals surface area contributed by atoms with Gasteiger partial charge in [0.1, 0.15) is 4.99 Å². The van der Waals surface area contributed by atoms with Gasteiger partial charge in [0, 0.05) is 6.04 Å². The fraction of sp³-hybridized carbons (Fsp3) is 0.688. The summed E-state index contributed by atoms with van der Waals surface area (Å²) in [4.78, 5) is 0.412. The van der Waals surface area contributed by atoms with E-state index in [1.54, 1.807) is 0 Å². The number of rotatable bonds is 5. The van der Waals surface area contributed by atoms with Crippen LogP contribution >= 0.6 is 12.2 Å². The van der Waals surface area contributed by atoms with E-state index in [1.165, 1.54) is 12.8 Å². The van der Waals surface area contributed by atoms with Crippen LogP contribution in [0.25, 0.3) is 0 Å². The minimum atomic E-state index is 0.269. The highest BCUT2D eigenvalue weighted by molar-refractivity contribution is 7.80. The van der Waals surface area contributed by atoms with E-state index in [9.17, 15) is 0 Å². The molecule has 5 heteroatoms. The molecule has 1 unspecified atom stereocenters. The maximum Gasteiger partial charge on any atom is 0.159 e. The minimum Gasteiger partial charge on any atom is -0.389 e. The van der Waals surface area contributed by atoms with Gasteiger partial charge in [-0.25, -0.2) is 0 Å². The lowest BCUT2D eigenvalue weighted by atomic mass is 9.87. The molecule has 21 heavy (non-hydrogen) atoms. The molecule has 1 aliphatic carbocycles. The van der Waals surface area contributed by atoms with Crippen molar-refractivity contribution in [2.75, 3.05) is 5.32 Å². The Kier molecular flexibility index (Phi) is 4.81. The van der Waals surface area contributed by atoms with E-state index in [0.29, 0.717) is 11.0 Å². The maximum absolute atomic E-state index is 5.98. The third kappa shape index (κ3) is 3.18. The Morgan fingerprint density at radius 2 is 2.05 bits per heavy atom. The van der Waals surface area contributed by atoms with Crippen molar-refractivity contribution in [3.8, 4) is 0 Å². The van der Waals surface area contributed by atoms with Crippen LogP contribution in [0.15, 0.2) is 0 Å². The summed E-state index contributed by atoms with van der Waals surface area (Å²) in [7, 11) is 0. The summed E-state index contributed by atoms with van der Waals surface area (Å²) in [6.07, 6.45) is 5.35. The van der Waals surface area contributed by atoms with E-state index >= 15 is 0 Å². The maximum atomic E-state index is 5.98. The number of hydrogen-bond acceptors (Lipinski definition) is 4. The van der Waals surface area contributed by atoms with Gasteiger partial charge >= 0.3 is 0 Å². The normalized spacial score (nSPS) is 20.5. The van der Waals surface area contributed by atoms with Gasteiger partial charge in [-0.1, -0.05) is 46.3 Å². The summed E-state index contributed by atoms with van der Waals surface area (Å²) >= 11 is 5.28. The Balaban J connectivity index is 2.42. The zero-order chi connectivity index (χ0) is 15.6. The highest BCUT2D eigenvalue weighted by atomic mass is 32.1. The third-order valence-electron chi connectivity index (χ3n) is 4.66. The van der Waals surface area contributed by atoms with Gasteiger partial charge in [-0.05, 0) is 36.7 Å². The van der Waals surface area contributed by atoms with Crippen LogP contribution in [0.2, 0.25) is 0 Å². The second-order valence-corrected chi connectivity index (χ2v) is 6.94. The van der Waals surface area contributed by atoms with Gasteiger partial charge in [0.15, 0.2) is 5.82 Å². The van der Waals surface area contributed by atoms with E-state index < -0.39 is 0 Å². The number of nitrogens with two attached hydrogens (primary N) is 1. The van der Waals surface area contributed by atoms with Gasteiger partial charge in [0.05, 0.1) is 11.3 Å². The van der Waals surface area contributed by atoms with Gasteiger partial charge in [-0.2, -0.15) is 5.10 Å². The standard InChI is InChI=1S/C16H26N4S/c1-5-10-11(6-2)19-20-15(13(10)14(17)21)18-12-8-7-9-16(12,3)4/h12H,5-9H2,1-4H3,(H2,17,21)(H,18,20). The SMILES string of the molecule is CCc1nnc(NC2CCCC2(C)C)c(C(N)=S)c1CC. The van der Waals surface area contributed by atoms with Crippen LogP contribution in [0.3, 0.4) is 0 Å². The Hall–Kier alpha value is -1.23. The molecule has 0 radical (unpaired) electrons. The molecule has 0 aromatic carbocycles.